The van der Waals surface area contributed by atoms with Crippen molar-refractivity contribution in [3.05, 3.63) is 93.1 Å². The second-order valence-corrected chi connectivity index (χ2v) is 13.8. The molecule has 3 fully saturated rings. The maximum atomic E-state index is 15.2. The highest BCUT2D eigenvalue weighted by atomic mass is 35.5. The molecule has 10 nitrogen and oxygen atoms in total. The monoisotopic (exact) mass is 742 g/mol. The molecule has 1 saturated carbocycles. The van der Waals surface area contributed by atoms with Crippen LogP contribution in [0.5, 0.6) is 11.5 Å². The number of carbonyl (C=O) groups excluding carboxylic acids is 4. The molecule has 2 aliphatic heterocycles. The van der Waals surface area contributed by atoms with Gasteiger partial charge in [0.2, 0.25) is 11.8 Å². The number of anilines is 1. The number of hydrogen-bond donors (Lipinski definition) is 2. The first kappa shape index (κ1) is 34.8. The number of carbonyl (C=O) groups is 4. The zero-order chi connectivity index (χ0) is 36.6. The van der Waals surface area contributed by atoms with E-state index < -0.39 is 63.6 Å². The van der Waals surface area contributed by atoms with Crippen molar-refractivity contribution in [3.8, 4) is 11.5 Å². The van der Waals surface area contributed by atoms with Crippen LogP contribution in [0.2, 0.25) is 10.0 Å². The SMILES string of the molecule is CCOc1cccc([C@H]2C3=CC[C@@H]4C(=O)N(CC)C(=O)[C@@H]4[C@@H]3C[C@H]3C(=O)N(Nc4ncc(C(F)(F)F)cc4Cl)C(=O)[C@@]23c2ccc(Cl)cc2)c1O. The molecular formula is C36H31Cl2F3N4O6. The highest BCUT2D eigenvalue weighted by Gasteiger charge is 2.70. The molecular weight excluding hydrogens is 712 g/mol. The molecule has 4 amide bonds. The summed E-state index contributed by atoms with van der Waals surface area (Å²) in [7, 11) is 0. The van der Waals surface area contributed by atoms with Gasteiger partial charge in [0.1, 0.15) is 0 Å². The quantitative estimate of drug-likeness (QED) is 0.207. The largest absolute Gasteiger partial charge is 0.504 e. The van der Waals surface area contributed by atoms with Crippen molar-refractivity contribution >= 4 is 52.6 Å². The normalized spacial score (nSPS) is 27.3. The van der Waals surface area contributed by atoms with Crippen LogP contribution in [0.1, 0.15) is 49.3 Å². The molecule has 3 heterocycles. The molecule has 6 atom stereocenters. The number of hydrogen-bond acceptors (Lipinski definition) is 8. The van der Waals surface area contributed by atoms with Crippen molar-refractivity contribution in [2.24, 2.45) is 23.7 Å². The fraction of sp³-hybridized carbons (Fsp3) is 0.361. The minimum absolute atomic E-state index is 0.0362. The van der Waals surface area contributed by atoms with Crippen molar-refractivity contribution in [1.29, 1.82) is 0 Å². The van der Waals surface area contributed by atoms with Crippen LogP contribution in [-0.2, 0) is 30.8 Å². The molecule has 0 spiro atoms. The van der Waals surface area contributed by atoms with Gasteiger partial charge in [-0.15, -0.1) is 0 Å². The first-order valence-corrected chi connectivity index (χ1v) is 17.1. The van der Waals surface area contributed by atoms with Gasteiger partial charge in [-0.05, 0) is 62.4 Å². The summed E-state index contributed by atoms with van der Waals surface area (Å²) in [4.78, 5) is 62.2. The molecule has 51 heavy (non-hydrogen) atoms. The van der Waals surface area contributed by atoms with E-state index in [4.69, 9.17) is 27.9 Å². The number of nitrogens with zero attached hydrogens (tertiary/aromatic N) is 3. The Kier molecular flexibility index (Phi) is 8.57. The fourth-order valence-corrected chi connectivity index (χ4v) is 8.88. The average Bonchev–Trinajstić information content (AvgIpc) is 3.47. The van der Waals surface area contributed by atoms with Gasteiger partial charge in [0.05, 0.1) is 40.4 Å². The maximum Gasteiger partial charge on any atom is 0.417 e. The standard InChI is InChI=1S/C36H31Cl2F3N4O6/c1-3-44-31(47)21-13-12-20-23(27(21)33(44)49)15-24-32(48)45(43-30-25(38)14-18(16-42-30)36(39,40)41)34(50)35(24,17-8-10-19(37)11-9-17)28(20)22-6-5-7-26(29(22)46)51-4-2/h5-12,14,16,21,23-24,27-28,46H,3-4,13,15H2,1-2H3,(H,42,43)/t21-,23+,24-,27-,28+,35+/m0/s1. The number of aromatic nitrogens is 1. The summed E-state index contributed by atoms with van der Waals surface area (Å²) in [5.41, 5.74) is 0.873. The van der Waals surface area contributed by atoms with E-state index in [2.05, 4.69) is 10.4 Å². The maximum absolute atomic E-state index is 15.2. The number of likely N-dealkylation sites (tertiary alicyclic amines) is 1. The van der Waals surface area contributed by atoms with E-state index in [9.17, 15) is 32.7 Å². The minimum atomic E-state index is -4.75. The first-order chi connectivity index (χ1) is 24.2. The summed E-state index contributed by atoms with van der Waals surface area (Å²) < 4.78 is 46.0. The number of fused-ring (bicyclic) bond motifs is 4. The van der Waals surface area contributed by atoms with Crippen LogP contribution in [0.4, 0.5) is 19.0 Å². The summed E-state index contributed by atoms with van der Waals surface area (Å²) in [5, 5.41) is 12.3. The van der Waals surface area contributed by atoms with Gasteiger partial charge in [0.15, 0.2) is 17.3 Å². The van der Waals surface area contributed by atoms with Crippen LogP contribution in [0, 0.1) is 23.7 Å². The Morgan fingerprint density at radius 2 is 1.75 bits per heavy atom. The average molecular weight is 744 g/mol. The molecule has 0 unspecified atom stereocenters. The molecule has 266 valence electrons. The number of hydrazine groups is 1. The van der Waals surface area contributed by atoms with Crippen molar-refractivity contribution in [1.82, 2.24) is 14.9 Å². The van der Waals surface area contributed by atoms with Gasteiger partial charge >= 0.3 is 6.18 Å². The number of imide groups is 2. The third kappa shape index (κ3) is 5.18. The second-order valence-electron chi connectivity index (χ2n) is 13.0. The van der Waals surface area contributed by atoms with E-state index in [1.165, 1.54) is 4.90 Å². The lowest BCUT2D eigenvalue weighted by Gasteiger charge is -2.50. The van der Waals surface area contributed by atoms with Gasteiger partial charge in [-0.1, -0.05) is 59.1 Å². The Labute approximate surface area is 300 Å². The van der Waals surface area contributed by atoms with Crippen LogP contribution in [0.15, 0.2) is 66.4 Å². The molecule has 0 bridgehead atoms. The third-order valence-corrected chi connectivity index (χ3v) is 11.1. The van der Waals surface area contributed by atoms with Gasteiger partial charge in [-0.3, -0.25) is 29.5 Å². The number of allylic oxidation sites excluding steroid dienone is 2. The summed E-state index contributed by atoms with van der Waals surface area (Å²) >= 11 is 12.5. The van der Waals surface area contributed by atoms with Gasteiger partial charge in [-0.25, -0.2) is 4.98 Å². The van der Waals surface area contributed by atoms with E-state index in [0.29, 0.717) is 33.4 Å². The van der Waals surface area contributed by atoms with Gasteiger partial charge in [0, 0.05) is 29.2 Å². The van der Waals surface area contributed by atoms with E-state index in [0.717, 1.165) is 0 Å². The second kappa shape index (κ2) is 12.6. The minimum Gasteiger partial charge on any atom is -0.504 e. The number of benzene rings is 2. The number of rotatable bonds is 7. The topological polar surface area (TPSA) is 129 Å². The number of ether oxygens (including phenoxy) is 1. The van der Waals surface area contributed by atoms with Crippen LogP contribution in [0.25, 0.3) is 0 Å². The summed E-state index contributed by atoms with van der Waals surface area (Å²) in [6, 6.07) is 11.8. The van der Waals surface area contributed by atoms with Crippen molar-refractivity contribution in [2.45, 2.75) is 44.2 Å². The Bertz CT molecular complexity index is 2010. The lowest BCUT2D eigenvalue weighted by molar-refractivity contribution is -0.141. The van der Waals surface area contributed by atoms with Crippen LogP contribution in [0.3, 0.4) is 0 Å². The third-order valence-electron chi connectivity index (χ3n) is 10.6. The molecule has 2 aliphatic carbocycles. The zero-order valence-electron chi connectivity index (χ0n) is 27.2. The lowest BCUT2D eigenvalue weighted by atomic mass is 9.49. The number of aromatic hydroxyl groups is 1. The van der Waals surface area contributed by atoms with E-state index in [1.807, 2.05) is 6.08 Å². The van der Waals surface area contributed by atoms with Gasteiger partial charge < -0.3 is 9.84 Å². The number of para-hydroxylation sites is 1. The number of nitrogens with one attached hydrogen (secondary N) is 1. The fourth-order valence-electron chi connectivity index (χ4n) is 8.55. The molecule has 4 aliphatic rings. The predicted octanol–water partition coefficient (Wildman–Crippen LogP) is 6.52. The molecule has 7 rings (SSSR count). The molecule has 15 heteroatoms. The number of halogens is 5. The summed E-state index contributed by atoms with van der Waals surface area (Å²) in [6.07, 6.45) is -2.23. The van der Waals surface area contributed by atoms with Gasteiger partial charge in [0.25, 0.3) is 11.8 Å². The number of phenols is 1. The van der Waals surface area contributed by atoms with E-state index in [-0.39, 0.29) is 60.7 Å². The van der Waals surface area contributed by atoms with Gasteiger partial charge in [-0.2, -0.15) is 18.2 Å². The summed E-state index contributed by atoms with van der Waals surface area (Å²) in [5.74, 6) is -7.23. The van der Waals surface area contributed by atoms with E-state index >= 15 is 4.79 Å². The predicted molar refractivity (Wildman–Crippen MR) is 179 cm³/mol. The Hall–Kier alpha value is -4.62. The molecule has 0 radical (unpaired) electrons. The molecule has 3 aromatic rings. The summed E-state index contributed by atoms with van der Waals surface area (Å²) in [6.45, 7) is 3.82. The Balaban J connectivity index is 1.46. The first-order valence-electron chi connectivity index (χ1n) is 16.4. The number of phenolic OH excluding ortho intramolecular Hbond substituents is 1. The molecule has 2 saturated heterocycles. The Morgan fingerprint density at radius 3 is 2.39 bits per heavy atom. The lowest BCUT2D eigenvalue weighted by Crippen LogP contribution is -2.53. The Morgan fingerprint density at radius 1 is 1.02 bits per heavy atom. The number of alkyl halides is 3. The molecule has 2 N–H and O–H groups in total. The number of amides is 4. The van der Waals surface area contributed by atoms with Crippen molar-refractivity contribution in [3.63, 3.8) is 0 Å². The smallest absolute Gasteiger partial charge is 0.417 e. The molecule has 1 aromatic heterocycles. The number of pyridine rings is 1. The van der Waals surface area contributed by atoms with E-state index in [1.54, 1.807) is 56.3 Å². The highest BCUT2D eigenvalue weighted by molar-refractivity contribution is 6.33. The highest BCUT2D eigenvalue weighted by Crippen LogP contribution is 2.65. The van der Waals surface area contributed by atoms with Crippen LogP contribution < -0.4 is 10.2 Å². The molecule has 2 aromatic carbocycles. The van der Waals surface area contributed by atoms with Crippen molar-refractivity contribution in [2.75, 3.05) is 18.6 Å². The van der Waals surface area contributed by atoms with Crippen molar-refractivity contribution < 1.29 is 42.2 Å². The zero-order valence-corrected chi connectivity index (χ0v) is 28.7. The van der Waals surface area contributed by atoms with Crippen LogP contribution >= 0.6 is 23.2 Å². The van der Waals surface area contributed by atoms with Crippen LogP contribution in [-0.4, -0.2) is 56.8 Å².